The van der Waals surface area contributed by atoms with Crippen molar-refractivity contribution in [1.82, 2.24) is 4.90 Å². The Kier molecular flexibility index (Phi) is 3.11. The molecule has 0 amide bonds. The van der Waals surface area contributed by atoms with Gasteiger partial charge in [0.05, 0.1) is 0 Å². The van der Waals surface area contributed by atoms with Crippen LogP contribution in [0.15, 0.2) is 0 Å². The number of hydrogen-bond acceptors (Lipinski definition) is 2. The molecule has 0 aromatic heterocycles. The number of likely N-dealkylation sites (tertiary alicyclic amines) is 1. The van der Waals surface area contributed by atoms with Crippen molar-refractivity contribution in [2.24, 2.45) is 11.7 Å². The number of piperidine rings is 1. The number of nitrogens with zero attached hydrogens (tertiary/aromatic N) is 1. The van der Waals surface area contributed by atoms with E-state index in [4.69, 9.17) is 16.2 Å². The third-order valence-corrected chi connectivity index (χ3v) is 2.42. The molecule has 0 bridgehead atoms. The molecule has 0 aliphatic carbocycles. The van der Waals surface area contributed by atoms with Crippen LogP contribution in [0.4, 0.5) is 0 Å². The average Bonchev–Trinajstić information content (AvgIpc) is 2.04. The molecule has 0 saturated carbocycles. The van der Waals surface area contributed by atoms with Gasteiger partial charge in [-0.3, -0.25) is 10.2 Å². The summed E-state index contributed by atoms with van der Waals surface area (Å²) in [6, 6.07) is 0. The van der Waals surface area contributed by atoms with E-state index in [1.807, 2.05) is 0 Å². The first-order chi connectivity index (χ1) is 6.09. The van der Waals surface area contributed by atoms with E-state index < -0.39 is 5.97 Å². The second-order valence-corrected chi connectivity index (χ2v) is 3.41. The monoisotopic (exact) mass is 185 g/mol. The SMILES string of the molecule is N=C(N)N1CCC(CC(=O)O)CC1. The van der Waals surface area contributed by atoms with Gasteiger partial charge in [-0.1, -0.05) is 0 Å². The Morgan fingerprint density at radius 3 is 2.46 bits per heavy atom. The molecule has 74 valence electrons. The molecule has 1 fully saturated rings. The summed E-state index contributed by atoms with van der Waals surface area (Å²) in [6.07, 6.45) is 1.89. The molecule has 5 heteroatoms. The Labute approximate surface area is 77.0 Å². The van der Waals surface area contributed by atoms with Crippen LogP contribution in [0.5, 0.6) is 0 Å². The van der Waals surface area contributed by atoms with E-state index in [1.54, 1.807) is 4.90 Å². The van der Waals surface area contributed by atoms with Crippen molar-refractivity contribution in [2.45, 2.75) is 19.3 Å². The highest BCUT2D eigenvalue weighted by atomic mass is 16.4. The van der Waals surface area contributed by atoms with Gasteiger partial charge in [0.2, 0.25) is 0 Å². The van der Waals surface area contributed by atoms with Gasteiger partial charge in [0.25, 0.3) is 0 Å². The van der Waals surface area contributed by atoms with Crippen LogP contribution >= 0.6 is 0 Å². The second kappa shape index (κ2) is 4.11. The van der Waals surface area contributed by atoms with Gasteiger partial charge in [0, 0.05) is 19.5 Å². The van der Waals surface area contributed by atoms with Crippen LogP contribution in [0.2, 0.25) is 0 Å². The van der Waals surface area contributed by atoms with E-state index in [9.17, 15) is 4.79 Å². The van der Waals surface area contributed by atoms with Crippen molar-refractivity contribution in [1.29, 1.82) is 5.41 Å². The lowest BCUT2D eigenvalue weighted by Crippen LogP contribution is -2.42. The van der Waals surface area contributed by atoms with Crippen LogP contribution in [0.3, 0.4) is 0 Å². The average molecular weight is 185 g/mol. The zero-order chi connectivity index (χ0) is 9.84. The Bertz CT molecular complexity index is 209. The minimum absolute atomic E-state index is 0.0915. The van der Waals surface area contributed by atoms with Gasteiger partial charge in [-0.05, 0) is 18.8 Å². The van der Waals surface area contributed by atoms with Gasteiger partial charge >= 0.3 is 5.97 Å². The fraction of sp³-hybridized carbons (Fsp3) is 0.750. The lowest BCUT2D eigenvalue weighted by atomic mass is 9.94. The van der Waals surface area contributed by atoms with Crippen LogP contribution in [0.25, 0.3) is 0 Å². The zero-order valence-corrected chi connectivity index (χ0v) is 7.49. The molecule has 1 saturated heterocycles. The molecule has 0 radical (unpaired) electrons. The van der Waals surface area contributed by atoms with Crippen LogP contribution in [0.1, 0.15) is 19.3 Å². The lowest BCUT2D eigenvalue weighted by molar-refractivity contribution is -0.138. The van der Waals surface area contributed by atoms with Crippen molar-refractivity contribution < 1.29 is 9.90 Å². The predicted molar refractivity (Wildman–Crippen MR) is 48.5 cm³/mol. The van der Waals surface area contributed by atoms with E-state index in [-0.39, 0.29) is 18.3 Å². The Morgan fingerprint density at radius 2 is 2.08 bits per heavy atom. The first-order valence-corrected chi connectivity index (χ1v) is 4.40. The van der Waals surface area contributed by atoms with Crippen LogP contribution < -0.4 is 5.73 Å². The van der Waals surface area contributed by atoms with Crippen molar-refractivity contribution in [3.63, 3.8) is 0 Å². The summed E-state index contributed by atoms with van der Waals surface area (Å²) in [5.74, 6) is -0.386. The maximum atomic E-state index is 10.4. The van der Waals surface area contributed by atoms with Gasteiger partial charge in [0.1, 0.15) is 0 Å². The molecule has 1 rings (SSSR count). The summed E-state index contributed by atoms with van der Waals surface area (Å²) in [4.78, 5) is 12.2. The highest BCUT2D eigenvalue weighted by Gasteiger charge is 2.21. The number of guanidine groups is 1. The Hall–Kier alpha value is -1.26. The fourth-order valence-electron chi connectivity index (χ4n) is 1.62. The lowest BCUT2D eigenvalue weighted by Gasteiger charge is -2.31. The maximum Gasteiger partial charge on any atom is 0.303 e. The number of aliphatic carboxylic acids is 1. The highest BCUT2D eigenvalue weighted by Crippen LogP contribution is 2.19. The number of nitrogens with one attached hydrogen (secondary N) is 1. The summed E-state index contributed by atoms with van der Waals surface area (Å²) >= 11 is 0. The molecular formula is C8H15N3O2. The molecule has 1 aliphatic rings. The van der Waals surface area contributed by atoms with Crippen molar-refractivity contribution in [3.8, 4) is 0 Å². The van der Waals surface area contributed by atoms with Gasteiger partial charge < -0.3 is 15.7 Å². The van der Waals surface area contributed by atoms with Gasteiger partial charge in [0.15, 0.2) is 5.96 Å². The molecular weight excluding hydrogens is 170 g/mol. The van der Waals surface area contributed by atoms with E-state index in [2.05, 4.69) is 0 Å². The molecule has 0 atom stereocenters. The number of nitrogens with two attached hydrogens (primary N) is 1. The van der Waals surface area contributed by atoms with E-state index in [0.717, 1.165) is 12.8 Å². The molecule has 1 heterocycles. The summed E-state index contributed by atoms with van der Waals surface area (Å²) < 4.78 is 0. The fourth-order valence-corrected chi connectivity index (χ4v) is 1.62. The van der Waals surface area contributed by atoms with E-state index >= 15 is 0 Å². The third-order valence-electron chi connectivity index (χ3n) is 2.42. The molecule has 4 N–H and O–H groups in total. The number of hydrogen-bond donors (Lipinski definition) is 3. The quantitative estimate of drug-likeness (QED) is 0.419. The number of carbonyl (C=O) groups is 1. The van der Waals surface area contributed by atoms with Gasteiger partial charge in [-0.2, -0.15) is 0 Å². The third kappa shape index (κ3) is 2.93. The minimum atomic E-state index is -0.735. The van der Waals surface area contributed by atoms with Crippen LogP contribution in [-0.2, 0) is 4.79 Å². The normalized spacial score (nSPS) is 18.6. The standard InChI is InChI=1S/C8H15N3O2/c9-8(10)11-3-1-6(2-4-11)5-7(12)13/h6H,1-5H2,(H3,9,10)(H,12,13). The van der Waals surface area contributed by atoms with Gasteiger partial charge in [-0.15, -0.1) is 0 Å². The molecule has 5 nitrogen and oxygen atoms in total. The molecule has 0 spiro atoms. The number of carboxylic acids is 1. The van der Waals surface area contributed by atoms with Crippen molar-refractivity contribution in [3.05, 3.63) is 0 Å². The highest BCUT2D eigenvalue weighted by molar-refractivity contribution is 5.74. The first kappa shape index (κ1) is 9.83. The molecule has 1 aliphatic heterocycles. The number of carboxylic acid groups (broad SMARTS) is 1. The van der Waals surface area contributed by atoms with E-state index in [1.165, 1.54) is 0 Å². The summed E-state index contributed by atoms with van der Waals surface area (Å²) in [7, 11) is 0. The second-order valence-electron chi connectivity index (χ2n) is 3.41. The van der Waals surface area contributed by atoms with Crippen LogP contribution in [0, 0.1) is 11.3 Å². The largest absolute Gasteiger partial charge is 0.481 e. The zero-order valence-electron chi connectivity index (χ0n) is 7.49. The van der Waals surface area contributed by atoms with E-state index in [0.29, 0.717) is 13.1 Å². The molecule has 13 heavy (non-hydrogen) atoms. The molecule has 0 aromatic rings. The Balaban J connectivity index is 2.30. The summed E-state index contributed by atoms with van der Waals surface area (Å²) in [6.45, 7) is 1.43. The topological polar surface area (TPSA) is 90.4 Å². The van der Waals surface area contributed by atoms with Crippen molar-refractivity contribution >= 4 is 11.9 Å². The van der Waals surface area contributed by atoms with Crippen LogP contribution in [-0.4, -0.2) is 35.0 Å². The Morgan fingerprint density at radius 1 is 1.54 bits per heavy atom. The summed E-state index contributed by atoms with van der Waals surface area (Å²) in [5, 5.41) is 15.7. The maximum absolute atomic E-state index is 10.4. The summed E-state index contributed by atoms with van der Waals surface area (Å²) in [5.41, 5.74) is 5.31. The van der Waals surface area contributed by atoms with Crippen molar-refractivity contribution in [2.75, 3.05) is 13.1 Å². The smallest absolute Gasteiger partial charge is 0.303 e. The minimum Gasteiger partial charge on any atom is -0.481 e. The predicted octanol–water partition coefficient (Wildman–Crippen LogP) is 0.0666. The molecule has 0 aromatic carbocycles. The molecule has 0 unspecified atom stereocenters. The first-order valence-electron chi connectivity index (χ1n) is 4.40. The number of rotatable bonds is 2. The van der Waals surface area contributed by atoms with Gasteiger partial charge in [-0.25, -0.2) is 0 Å².